The molecule has 0 radical (unpaired) electrons. The fourth-order valence-electron chi connectivity index (χ4n) is 5.13. The van der Waals surface area contributed by atoms with Gasteiger partial charge in [0.15, 0.2) is 5.65 Å². The maximum absolute atomic E-state index is 14.4. The number of hydrogen-bond donors (Lipinski definition) is 4. The molecule has 1 amide bonds. The van der Waals surface area contributed by atoms with Crippen LogP contribution in [0.3, 0.4) is 0 Å². The maximum Gasteiger partial charge on any atom is 0.224 e. The highest BCUT2D eigenvalue weighted by atomic mass is 19.1. The first-order valence-corrected chi connectivity index (χ1v) is 12.1. The molecule has 0 unspecified atom stereocenters. The van der Waals surface area contributed by atoms with E-state index in [4.69, 9.17) is 10.7 Å². The highest BCUT2D eigenvalue weighted by Gasteiger charge is 2.29. The van der Waals surface area contributed by atoms with E-state index in [-0.39, 0.29) is 35.7 Å². The van der Waals surface area contributed by atoms with E-state index >= 15 is 0 Å². The molecule has 2 aromatic heterocycles. The Labute approximate surface area is 201 Å². The van der Waals surface area contributed by atoms with Crippen LogP contribution in [0.15, 0.2) is 24.4 Å². The number of amides is 1. The third kappa shape index (κ3) is 5.04. The van der Waals surface area contributed by atoms with Gasteiger partial charge in [-0.25, -0.2) is 18.7 Å². The second-order valence-corrected chi connectivity index (χ2v) is 9.51. The molecule has 0 bridgehead atoms. The molecule has 0 saturated heterocycles. The number of anilines is 3. The van der Waals surface area contributed by atoms with Gasteiger partial charge in [-0.3, -0.25) is 9.36 Å². The summed E-state index contributed by atoms with van der Waals surface area (Å²) >= 11 is 0. The largest absolute Gasteiger partial charge is 0.393 e. The minimum atomic E-state index is -0.728. The van der Waals surface area contributed by atoms with Gasteiger partial charge in [-0.05, 0) is 63.5 Å². The van der Waals surface area contributed by atoms with Crippen molar-refractivity contribution in [3.05, 3.63) is 36.0 Å². The van der Waals surface area contributed by atoms with Gasteiger partial charge >= 0.3 is 0 Å². The molecule has 2 aliphatic rings. The molecule has 2 aliphatic carbocycles. The molecule has 0 atom stereocenters. The van der Waals surface area contributed by atoms with Crippen molar-refractivity contribution in [1.82, 2.24) is 19.5 Å². The second-order valence-electron chi connectivity index (χ2n) is 9.51. The summed E-state index contributed by atoms with van der Waals surface area (Å²) in [6.45, 7) is 0. The van der Waals surface area contributed by atoms with Crippen LogP contribution in [-0.2, 0) is 4.79 Å². The molecule has 9 nitrogen and oxygen atoms in total. The summed E-state index contributed by atoms with van der Waals surface area (Å²) in [6, 6.07) is 3.46. The zero-order chi connectivity index (χ0) is 24.5. The smallest absolute Gasteiger partial charge is 0.224 e. The first-order valence-electron chi connectivity index (χ1n) is 12.1. The highest BCUT2D eigenvalue weighted by Crippen LogP contribution is 2.37. The molecule has 3 aromatic rings. The lowest BCUT2D eigenvalue weighted by Gasteiger charge is -2.29. The van der Waals surface area contributed by atoms with E-state index < -0.39 is 11.6 Å². The minimum absolute atomic E-state index is 0.0332. The van der Waals surface area contributed by atoms with Gasteiger partial charge in [0.1, 0.15) is 17.2 Å². The van der Waals surface area contributed by atoms with Crippen LogP contribution in [-0.4, -0.2) is 42.7 Å². The predicted octanol–water partition coefficient (Wildman–Crippen LogP) is 3.78. The van der Waals surface area contributed by atoms with Crippen molar-refractivity contribution in [3.63, 3.8) is 0 Å². The van der Waals surface area contributed by atoms with E-state index in [2.05, 4.69) is 20.6 Å². The first-order chi connectivity index (χ1) is 16.9. The molecule has 1 aromatic carbocycles. The van der Waals surface area contributed by atoms with E-state index in [1.165, 1.54) is 12.1 Å². The molecule has 2 saturated carbocycles. The van der Waals surface area contributed by atoms with Crippen molar-refractivity contribution >= 4 is 34.7 Å². The summed E-state index contributed by atoms with van der Waals surface area (Å²) in [6.07, 6.45) is 7.16. The fraction of sp³-hybridized carbons (Fsp3) is 0.500. The Kier molecular flexibility index (Phi) is 6.50. The standard InChI is InChI=1S/C24H29F2N7O2/c25-14-3-10-19(18(26)11-14)30-24-31-20-12-28-23(29-15-4-8-17(34)9-5-15)32-22(20)33(24)16-6-1-13(2-7-16)21(27)35/h3,10-13,15-17,34H,1-2,4-9H2,(H2,27,35)(H,30,31)(H,28,29,32). The molecule has 5 N–H and O–H groups in total. The monoisotopic (exact) mass is 485 g/mol. The van der Waals surface area contributed by atoms with Crippen molar-refractivity contribution in [3.8, 4) is 0 Å². The quantitative estimate of drug-likeness (QED) is 0.418. The zero-order valence-electron chi connectivity index (χ0n) is 19.3. The molecule has 0 spiro atoms. The Morgan fingerprint density at radius 1 is 1.06 bits per heavy atom. The van der Waals surface area contributed by atoms with E-state index in [1.807, 2.05) is 4.57 Å². The summed E-state index contributed by atoms with van der Waals surface area (Å²) in [5.74, 6) is -1.01. The van der Waals surface area contributed by atoms with Gasteiger partial charge in [0, 0.05) is 24.1 Å². The number of nitrogens with two attached hydrogens (primary N) is 1. The fourth-order valence-corrected chi connectivity index (χ4v) is 5.13. The van der Waals surface area contributed by atoms with Crippen LogP contribution in [0.25, 0.3) is 11.2 Å². The second kappa shape index (κ2) is 9.73. The van der Waals surface area contributed by atoms with Crippen molar-refractivity contribution in [2.75, 3.05) is 10.6 Å². The Morgan fingerprint density at radius 2 is 1.80 bits per heavy atom. The summed E-state index contributed by atoms with van der Waals surface area (Å²) in [7, 11) is 0. The third-order valence-electron chi connectivity index (χ3n) is 7.10. The van der Waals surface area contributed by atoms with E-state index in [0.29, 0.717) is 48.7 Å². The van der Waals surface area contributed by atoms with Gasteiger partial charge in [-0.2, -0.15) is 4.98 Å². The Morgan fingerprint density at radius 3 is 2.49 bits per heavy atom. The number of carbonyl (C=O) groups is 1. The number of halogens is 2. The number of rotatable bonds is 6. The number of nitrogens with one attached hydrogen (secondary N) is 2. The molecule has 11 heteroatoms. The summed E-state index contributed by atoms with van der Waals surface area (Å²) in [4.78, 5) is 25.4. The van der Waals surface area contributed by atoms with Gasteiger partial charge in [0.25, 0.3) is 0 Å². The summed E-state index contributed by atoms with van der Waals surface area (Å²) in [5.41, 5.74) is 6.74. The molecular weight excluding hydrogens is 456 g/mol. The van der Waals surface area contributed by atoms with Gasteiger partial charge < -0.3 is 21.5 Å². The van der Waals surface area contributed by atoms with Crippen molar-refractivity contribution in [2.45, 2.75) is 69.6 Å². The van der Waals surface area contributed by atoms with Crippen molar-refractivity contribution in [1.29, 1.82) is 0 Å². The third-order valence-corrected chi connectivity index (χ3v) is 7.10. The number of primary amides is 1. The van der Waals surface area contributed by atoms with Crippen LogP contribution >= 0.6 is 0 Å². The SMILES string of the molecule is NC(=O)C1CCC(n2c(Nc3ccc(F)cc3F)nc3cnc(NC4CCC(O)CC4)nc32)CC1. The number of carbonyl (C=O) groups excluding carboxylic acids is 1. The first kappa shape index (κ1) is 23.4. The Bertz CT molecular complexity index is 1220. The average Bonchev–Trinajstić information content (AvgIpc) is 3.19. The average molecular weight is 486 g/mol. The van der Waals surface area contributed by atoms with Gasteiger partial charge in [-0.15, -0.1) is 0 Å². The molecule has 186 valence electrons. The molecule has 2 heterocycles. The normalized spacial score (nSPS) is 24.9. The topological polar surface area (TPSA) is 131 Å². The lowest BCUT2D eigenvalue weighted by Crippen LogP contribution is -2.29. The Hall–Kier alpha value is -3.34. The summed E-state index contributed by atoms with van der Waals surface area (Å²) in [5, 5.41) is 16.1. The van der Waals surface area contributed by atoms with Gasteiger partial charge in [0.2, 0.25) is 17.8 Å². The van der Waals surface area contributed by atoms with Crippen LogP contribution in [0.1, 0.15) is 57.4 Å². The number of aliphatic hydroxyl groups is 1. The van der Waals surface area contributed by atoms with Crippen LogP contribution in [0.2, 0.25) is 0 Å². The van der Waals surface area contributed by atoms with Crippen LogP contribution in [0.4, 0.5) is 26.4 Å². The molecule has 0 aliphatic heterocycles. The maximum atomic E-state index is 14.4. The van der Waals surface area contributed by atoms with Crippen LogP contribution < -0.4 is 16.4 Å². The molecule has 5 rings (SSSR count). The van der Waals surface area contributed by atoms with Crippen molar-refractivity contribution < 1.29 is 18.7 Å². The zero-order valence-corrected chi connectivity index (χ0v) is 19.3. The highest BCUT2D eigenvalue weighted by molar-refractivity contribution is 5.78. The van der Waals surface area contributed by atoms with E-state index in [0.717, 1.165) is 31.7 Å². The number of benzene rings is 1. The lowest BCUT2D eigenvalue weighted by atomic mass is 9.85. The van der Waals surface area contributed by atoms with E-state index in [9.17, 15) is 18.7 Å². The number of aliphatic hydroxyl groups excluding tert-OH is 1. The number of aromatic nitrogens is 4. The van der Waals surface area contributed by atoms with Gasteiger partial charge in [-0.1, -0.05) is 0 Å². The lowest BCUT2D eigenvalue weighted by molar-refractivity contribution is -0.122. The van der Waals surface area contributed by atoms with Crippen molar-refractivity contribution in [2.24, 2.45) is 11.7 Å². The number of nitrogens with zero attached hydrogens (tertiary/aromatic N) is 4. The van der Waals surface area contributed by atoms with Crippen LogP contribution in [0.5, 0.6) is 0 Å². The predicted molar refractivity (Wildman–Crippen MR) is 127 cm³/mol. The minimum Gasteiger partial charge on any atom is -0.393 e. The number of imidazole rings is 1. The van der Waals surface area contributed by atoms with Gasteiger partial charge in [0.05, 0.1) is 18.0 Å². The summed E-state index contributed by atoms with van der Waals surface area (Å²) < 4.78 is 29.8. The van der Waals surface area contributed by atoms with E-state index in [1.54, 1.807) is 6.20 Å². The Balaban J connectivity index is 1.48. The molecule has 35 heavy (non-hydrogen) atoms. The number of fused-ring (bicyclic) bond motifs is 1. The number of hydrogen-bond acceptors (Lipinski definition) is 7. The molecular formula is C24H29F2N7O2. The molecule has 2 fully saturated rings. The van der Waals surface area contributed by atoms with Crippen LogP contribution in [0, 0.1) is 17.6 Å².